The summed E-state index contributed by atoms with van der Waals surface area (Å²) < 4.78 is 1.53. The molecule has 2 rings (SSSR count). The van der Waals surface area contributed by atoms with E-state index in [1.54, 1.807) is 42.5 Å². The Morgan fingerprint density at radius 2 is 1.80 bits per heavy atom. The van der Waals surface area contributed by atoms with Crippen molar-refractivity contribution in [1.82, 2.24) is 0 Å². The van der Waals surface area contributed by atoms with Crippen molar-refractivity contribution in [1.29, 1.82) is 5.26 Å². The number of nitriles is 1. The van der Waals surface area contributed by atoms with Crippen LogP contribution in [0.4, 0.5) is 0 Å². The SMILES string of the molecule is N#CC(C(=O)c1cccc(Br)c1Cl)c1ccc(Br)cc1. The maximum Gasteiger partial charge on any atom is 0.185 e. The first-order valence-electron chi connectivity index (χ1n) is 5.68. The second-order valence-corrected chi connectivity index (χ2v) is 6.23. The Morgan fingerprint density at radius 3 is 2.40 bits per heavy atom. The van der Waals surface area contributed by atoms with Gasteiger partial charge in [0.1, 0.15) is 5.92 Å². The molecule has 0 radical (unpaired) electrons. The monoisotopic (exact) mass is 411 g/mol. The minimum absolute atomic E-state index is 0.305. The molecule has 0 aliphatic rings. The molecular weight excluding hydrogens is 405 g/mol. The molecule has 0 aliphatic carbocycles. The van der Waals surface area contributed by atoms with Crippen LogP contribution in [-0.4, -0.2) is 5.78 Å². The summed E-state index contributed by atoms with van der Waals surface area (Å²) in [6.07, 6.45) is 0. The van der Waals surface area contributed by atoms with Crippen LogP contribution in [0.2, 0.25) is 5.02 Å². The van der Waals surface area contributed by atoms with Crippen molar-refractivity contribution >= 4 is 49.2 Å². The average molecular weight is 413 g/mol. The lowest BCUT2D eigenvalue weighted by Crippen LogP contribution is -2.12. The van der Waals surface area contributed by atoms with Crippen molar-refractivity contribution in [3.63, 3.8) is 0 Å². The number of carbonyl (C=O) groups is 1. The number of hydrogen-bond donors (Lipinski definition) is 0. The summed E-state index contributed by atoms with van der Waals surface area (Å²) in [6.45, 7) is 0. The molecule has 0 amide bonds. The lowest BCUT2D eigenvalue weighted by molar-refractivity contribution is 0.0979. The zero-order chi connectivity index (χ0) is 14.7. The van der Waals surface area contributed by atoms with Crippen LogP contribution >= 0.6 is 43.5 Å². The van der Waals surface area contributed by atoms with E-state index in [4.69, 9.17) is 11.6 Å². The van der Waals surface area contributed by atoms with Gasteiger partial charge in [-0.2, -0.15) is 5.26 Å². The number of benzene rings is 2. The molecule has 5 heteroatoms. The van der Waals surface area contributed by atoms with E-state index < -0.39 is 5.92 Å². The van der Waals surface area contributed by atoms with Gasteiger partial charge in [-0.15, -0.1) is 0 Å². The van der Waals surface area contributed by atoms with E-state index in [0.29, 0.717) is 20.6 Å². The van der Waals surface area contributed by atoms with Crippen LogP contribution in [0.1, 0.15) is 21.8 Å². The highest BCUT2D eigenvalue weighted by atomic mass is 79.9. The Hall–Kier alpha value is -1.15. The molecule has 0 fully saturated rings. The van der Waals surface area contributed by atoms with Crippen molar-refractivity contribution in [3.8, 4) is 6.07 Å². The van der Waals surface area contributed by atoms with Crippen LogP contribution in [0.25, 0.3) is 0 Å². The molecule has 2 aromatic carbocycles. The molecule has 0 aliphatic heterocycles. The summed E-state index contributed by atoms with van der Waals surface area (Å²) in [5.41, 5.74) is 0.993. The van der Waals surface area contributed by atoms with E-state index >= 15 is 0 Å². The first-order chi connectivity index (χ1) is 9.54. The van der Waals surface area contributed by atoms with E-state index in [-0.39, 0.29) is 5.78 Å². The lowest BCUT2D eigenvalue weighted by atomic mass is 9.92. The zero-order valence-electron chi connectivity index (χ0n) is 10.1. The molecule has 2 aromatic rings. The van der Waals surface area contributed by atoms with Crippen LogP contribution in [0, 0.1) is 11.3 Å². The van der Waals surface area contributed by atoms with Crippen LogP contribution < -0.4 is 0 Å². The van der Waals surface area contributed by atoms with Crippen LogP contribution in [0.15, 0.2) is 51.4 Å². The van der Waals surface area contributed by atoms with Gasteiger partial charge in [0.25, 0.3) is 0 Å². The van der Waals surface area contributed by atoms with Gasteiger partial charge < -0.3 is 0 Å². The number of nitrogens with zero attached hydrogens (tertiary/aromatic N) is 1. The highest BCUT2D eigenvalue weighted by Crippen LogP contribution is 2.30. The van der Waals surface area contributed by atoms with Crippen molar-refractivity contribution in [2.75, 3.05) is 0 Å². The Kier molecular flexibility index (Phi) is 4.98. The number of hydrogen-bond acceptors (Lipinski definition) is 2. The minimum atomic E-state index is -0.866. The standard InChI is InChI=1S/C15H8Br2ClNO/c16-10-6-4-9(5-7-10)12(8-19)15(20)11-2-1-3-13(17)14(11)18/h1-7,12H. The summed E-state index contributed by atoms with van der Waals surface area (Å²) in [5, 5.41) is 9.63. The van der Waals surface area contributed by atoms with E-state index in [2.05, 4.69) is 31.9 Å². The van der Waals surface area contributed by atoms with Gasteiger partial charge in [-0.05, 0) is 45.8 Å². The van der Waals surface area contributed by atoms with Gasteiger partial charge in [-0.1, -0.05) is 45.7 Å². The quantitative estimate of drug-likeness (QED) is 0.636. The normalized spacial score (nSPS) is 11.7. The predicted molar refractivity (Wildman–Crippen MR) is 86.0 cm³/mol. The third kappa shape index (κ3) is 3.12. The maximum atomic E-state index is 12.5. The first kappa shape index (κ1) is 15.2. The second-order valence-electron chi connectivity index (χ2n) is 4.08. The molecule has 1 atom stereocenters. The van der Waals surface area contributed by atoms with E-state index in [1.807, 2.05) is 6.07 Å². The molecule has 0 aromatic heterocycles. The third-order valence-corrected chi connectivity index (χ3v) is 4.64. The van der Waals surface area contributed by atoms with Gasteiger partial charge in [0.15, 0.2) is 5.78 Å². The van der Waals surface area contributed by atoms with Crippen LogP contribution in [-0.2, 0) is 0 Å². The molecule has 2 nitrogen and oxygen atoms in total. The van der Waals surface area contributed by atoms with E-state index in [9.17, 15) is 10.1 Å². The summed E-state index contributed by atoms with van der Waals surface area (Å²) in [6, 6.07) is 14.2. The summed E-state index contributed by atoms with van der Waals surface area (Å²) in [5.74, 6) is -1.17. The lowest BCUT2D eigenvalue weighted by Gasteiger charge is -2.10. The Balaban J connectivity index is 2.42. The topological polar surface area (TPSA) is 40.9 Å². The molecule has 0 N–H and O–H groups in total. The molecule has 1 unspecified atom stereocenters. The average Bonchev–Trinajstić information content (AvgIpc) is 2.44. The Bertz CT molecular complexity index is 692. The van der Waals surface area contributed by atoms with Gasteiger partial charge in [0, 0.05) is 14.5 Å². The van der Waals surface area contributed by atoms with Crippen LogP contribution in [0.5, 0.6) is 0 Å². The van der Waals surface area contributed by atoms with Gasteiger partial charge in [-0.25, -0.2) is 0 Å². The number of halogens is 3. The molecule has 20 heavy (non-hydrogen) atoms. The third-order valence-electron chi connectivity index (χ3n) is 2.81. The zero-order valence-corrected chi connectivity index (χ0v) is 14.0. The summed E-state index contributed by atoms with van der Waals surface area (Å²) >= 11 is 12.7. The van der Waals surface area contributed by atoms with Gasteiger partial charge >= 0.3 is 0 Å². The number of Topliss-reactive ketones (excluding diaryl/α,β-unsaturated/α-hetero) is 1. The molecule has 0 heterocycles. The smallest absolute Gasteiger partial charge is 0.185 e. The first-order valence-corrected chi connectivity index (χ1v) is 7.64. The summed E-state index contributed by atoms with van der Waals surface area (Å²) in [7, 11) is 0. The highest BCUT2D eigenvalue weighted by molar-refractivity contribution is 9.10. The molecule has 100 valence electrons. The fourth-order valence-electron chi connectivity index (χ4n) is 1.79. The molecule has 0 saturated heterocycles. The number of rotatable bonds is 3. The van der Waals surface area contributed by atoms with Crippen molar-refractivity contribution in [2.24, 2.45) is 0 Å². The predicted octanol–water partition coefficient (Wildman–Crippen LogP) is 5.36. The molecule has 0 spiro atoms. The number of ketones is 1. The van der Waals surface area contributed by atoms with Gasteiger partial charge in [-0.3, -0.25) is 4.79 Å². The second kappa shape index (κ2) is 6.53. The van der Waals surface area contributed by atoms with E-state index in [0.717, 1.165) is 4.47 Å². The highest BCUT2D eigenvalue weighted by Gasteiger charge is 2.24. The van der Waals surface area contributed by atoms with Crippen molar-refractivity contribution < 1.29 is 4.79 Å². The fraction of sp³-hybridized carbons (Fsp3) is 0.0667. The molecule has 0 bridgehead atoms. The largest absolute Gasteiger partial charge is 0.292 e. The fourth-order valence-corrected chi connectivity index (χ4v) is 2.64. The van der Waals surface area contributed by atoms with Gasteiger partial charge in [0.2, 0.25) is 0 Å². The summed E-state index contributed by atoms with van der Waals surface area (Å²) in [4.78, 5) is 12.5. The molecule has 0 saturated carbocycles. The van der Waals surface area contributed by atoms with Gasteiger partial charge in [0.05, 0.1) is 11.1 Å². The minimum Gasteiger partial charge on any atom is -0.292 e. The molecular formula is C15H8Br2ClNO. The van der Waals surface area contributed by atoms with Crippen molar-refractivity contribution in [2.45, 2.75) is 5.92 Å². The van der Waals surface area contributed by atoms with Crippen LogP contribution in [0.3, 0.4) is 0 Å². The maximum absolute atomic E-state index is 12.5. The van der Waals surface area contributed by atoms with E-state index in [1.165, 1.54) is 0 Å². The number of carbonyl (C=O) groups excluding carboxylic acids is 1. The Morgan fingerprint density at radius 1 is 1.15 bits per heavy atom. The Labute approximate surface area is 138 Å². The van der Waals surface area contributed by atoms with Crippen molar-refractivity contribution in [3.05, 3.63) is 67.6 Å².